The van der Waals surface area contributed by atoms with Gasteiger partial charge < -0.3 is 16.4 Å². The molecule has 0 atom stereocenters. The first kappa shape index (κ1) is 18.8. The zero-order valence-corrected chi connectivity index (χ0v) is 15.1. The van der Waals surface area contributed by atoms with Gasteiger partial charge in [0.2, 0.25) is 5.91 Å². The van der Waals surface area contributed by atoms with Crippen LogP contribution in [0, 0.1) is 0 Å². The van der Waals surface area contributed by atoms with Gasteiger partial charge in [0.1, 0.15) is 0 Å². The predicted octanol–water partition coefficient (Wildman–Crippen LogP) is 3.61. The lowest BCUT2D eigenvalue weighted by molar-refractivity contribution is -0.114. The third kappa shape index (κ3) is 4.51. The molecule has 0 saturated heterocycles. The largest absolute Gasteiger partial charge is 0.376 e. The highest BCUT2D eigenvalue weighted by molar-refractivity contribution is 6.32. The summed E-state index contributed by atoms with van der Waals surface area (Å²) in [6, 6.07) is 10.6. The van der Waals surface area contributed by atoms with Crippen molar-refractivity contribution >= 4 is 34.8 Å². The number of carbonyl (C=O) groups excluding carboxylic acids is 2. The van der Waals surface area contributed by atoms with Crippen molar-refractivity contribution in [2.24, 2.45) is 5.73 Å². The second kappa shape index (κ2) is 8.53. The van der Waals surface area contributed by atoms with Crippen LogP contribution in [-0.4, -0.2) is 18.4 Å². The Labute approximate surface area is 152 Å². The number of halogens is 1. The summed E-state index contributed by atoms with van der Waals surface area (Å²) >= 11 is 6.25. The second-order valence-corrected chi connectivity index (χ2v) is 5.99. The van der Waals surface area contributed by atoms with E-state index in [9.17, 15) is 9.59 Å². The fraction of sp³-hybridized carbons (Fsp3) is 0.263. The maximum Gasteiger partial charge on any atom is 0.250 e. The van der Waals surface area contributed by atoms with Crippen molar-refractivity contribution < 1.29 is 9.59 Å². The predicted molar refractivity (Wildman–Crippen MR) is 102 cm³/mol. The molecule has 2 rings (SSSR count). The molecule has 6 heteroatoms. The van der Waals surface area contributed by atoms with E-state index in [0.717, 1.165) is 29.7 Å². The van der Waals surface area contributed by atoms with Gasteiger partial charge >= 0.3 is 0 Å². The number of anilines is 2. The van der Waals surface area contributed by atoms with E-state index in [0.29, 0.717) is 16.3 Å². The van der Waals surface area contributed by atoms with Crippen molar-refractivity contribution in [3.63, 3.8) is 0 Å². The summed E-state index contributed by atoms with van der Waals surface area (Å²) in [6.45, 7) is 4.04. The van der Waals surface area contributed by atoms with Gasteiger partial charge in [0.05, 0.1) is 12.1 Å². The summed E-state index contributed by atoms with van der Waals surface area (Å²) < 4.78 is 0. The van der Waals surface area contributed by atoms with Crippen LogP contribution in [0.4, 0.5) is 11.4 Å². The highest BCUT2D eigenvalue weighted by Gasteiger charge is 2.14. The van der Waals surface area contributed by atoms with E-state index in [2.05, 4.69) is 10.6 Å². The van der Waals surface area contributed by atoms with Gasteiger partial charge in [-0.3, -0.25) is 9.59 Å². The molecular weight excluding hydrogens is 338 g/mol. The van der Waals surface area contributed by atoms with Crippen LogP contribution >= 0.6 is 11.6 Å². The molecule has 0 unspecified atom stereocenters. The van der Waals surface area contributed by atoms with Gasteiger partial charge in [-0.15, -0.1) is 0 Å². The Kier molecular flexibility index (Phi) is 6.42. The van der Waals surface area contributed by atoms with Crippen LogP contribution < -0.4 is 16.4 Å². The number of benzene rings is 2. The van der Waals surface area contributed by atoms with E-state index in [1.165, 1.54) is 0 Å². The normalized spacial score (nSPS) is 10.4. The third-order valence-corrected chi connectivity index (χ3v) is 4.33. The number of nitrogens with one attached hydrogen (secondary N) is 2. The number of carbonyl (C=O) groups is 2. The van der Waals surface area contributed by atoms with E-state index in [1.807, 2.05) is 26.0 Å². The van der Waals surface area contributed by atoms with E-state index in [1.54, 1.807) is 24.3 Å². The van der Waals surface area contributed by atoms with E-state index < -0.39 is 5.91 Å². The number of rotatable bonds is 7. The monoisotopic (exact) mass is 359 g/mol. The fourth-order valence-electron chi connectivity index (χ4n) is 2.68. The van der Waals surface area contributed by atoms with Crippen LogP contribution in [0.5, 0.6) is 0 Å². The first-order chi connectivity index (χ1) is 12.0. The van der Waals surface area contributed by atoms with E-state index >= 15 is 0 Å². The molecule has 2 aromatic carbocycles. The van der Waals surface area contributed by atoms with Gasteiger partial charge in [-0.1, -0.05) is 43.6 Å². The summed E-state index contributed by atoms with van der Waals surface area (Å²) in [7, 11) is 0. The molecule has 0 fully saturated rings. The number of amides is 2. The standard InChI is InChI=1S/C19H22ClN3O2/c1-3-12-9-10-15(20)13(4-2)18(12)23-17(24)11-22-16-8-6-5-7-14(16)19(21)25/h5-10,22H,3-4,11H2,1-2H3,(H2,21,25)(H,23,24). The molecule has 0 aliphatic rings. The van der Waals surface area contributed by atoms with Crippen LogP contribution in [0.25, 0.3) is 0 Å². The number of hydrogen-bond acceptors (Lipinski definition) is 3. The Hall–Kier alpha value is -2.53. The fourth-order valence-corrected chi connectivity index (χ4v) is 2.97. The molecule has 132 valence electrons. The SMILES string of the molecule is CCc1ccc(Cl)c(CC)c1NC(=O)CNc1ccccc1C(N)=O. The lowest BCUT2D eigenvalue weighted by Crippen LogP contribution is -2.24. The topological polar surface area (TPSA) is 84.2 Å². The number of nitrogens with two attached hydrogens (primary N) is 1. The number of para-hydroxylation sites is 1. The average molecular weight is 360 g/mol. The van der Waals surface area contributed by atoms with Gasteiger partial charge in [0.15, 0.2) is 0 Å². The highest BCUT2D eigenvalue weighted by atomic mass is 35.5. The molecule has 0 aliphatic heterocycles. The van der Waals surface area contributed by atoms with Crippen molar-refractivity contribution in [3.8, 4) is 0 Å². The minimum atomic E-state index is -0.542. The molecule has 0 radical (unpaired) electrons. The average Bonchev–Trinajstić information content (AvgIpc) is 2.60. The summed E-state index contributed by atoms with van der Waals surface area (Å²) in [4.78, 5) is 23.8. The van der Waals surface area contributed by atoms with Crippen LogP contribution in [0.2, 0.25) is 5.02 Å². The summed E-state index contributed by atoms with van der Waals surface area (Å²) in [5, 5.41) is 6.54. The Morgan fingerprint density at radius 2 is 1.80 bits per heavy atom. The van der Waals surface area contributed by atoms with Crippen molar-refractivity contribution in [1.29, 1.82) is 0 Å². The molecule has 0 heterocycles. The quantitative estimate of drug-likeness (QED) is 0.706. The number of hydrogen-bond donors (Lipinski definition) is 3. The van der Waals surface area contributed by atoms with Crippen molar-refractivity contribution in [2.75, 3.05) is 17.2 Å². The van der Waals surface area contributed by atoms with E-state index in [4.69, 9.17) is 17.3 Å². The lowest BCUT2D eigenvalue weighted by Gasteiger charge is -2.16. The van der Waals surface area contributed by atoms with Crippen LogP contribution in [-0.2, 0) is 17.6 Å². The smallest absolute Gasteiger partial charge is 0.250 e. The maximum absolute atomic E-state index is 12.4. The van der Waals surface area contributed by atoms with Gasteiger partial charge in [-0.25, -0.2) is 0 Å². The lowest BCUT2D eigenvalue weighted by atomic mass is 10.0. The molecule has 4 N–H and O–H groups in total. The highest BCUT2D eigenvalue weighted by Crippen LogP contribution is 2.29. The molecule has 5 nitrogen and oxygen atoms in total. The second-order valence-electron chi connectivity index (χ2n) is 5.58. The molecular formula is C19H22ClN3O2. The molecule has 0 aliphatic carbocycles. The van der Waals surface area contributed by atoms with Gasteiger partial charge in [-0.2, -0.15) is 0 Å². The van der Waals surface area contributed by atoms with Crippen LogP contribution in [0.1, 0.15) is 35.3 Å². The molecule has 25 heavy (non-hydrogen) atoms. The van der Waals surface area contributed by atoms with Crippen molar-refractivity contribution in [3.05, 3.63) is 58.1 Å². The van der Waals surface area contributed by atoms with Crippen LogP contribution in [0.3, 0.4) is 0 Å². The maximum atomic E-state index is 12.4. The zero-order chi connectivity index (χ0) is 18.4. The molecule has 2 amide bonds. The molecule has 0 saturated carbocycles. The van der Waals surface area contributed by atoms with Gasteiger partial charge in [0, 0.05) is 16.4 Å². The van der Waals surface area contributed by atoms with Gasteiger partial charge in [0.25, 0.3) is 5.91 Å². The molecule has 0 spiro atoms. The first-order valence-corrected chi connectivity index (χ1v) is 8.58. The van der Waals surface area contributed by atoms with Crippen molar-refractivity contribution in [2.45, 2.75) is 26.7 Å². The zero-order valence-electron chi connectivity index (χ0n) is 14.4. The minimum Gasteiger partial charge on any atom is -0.376 e. The number of aryl methyl sites for hydroxylation is 1. The van der Waals surface area contributed by atoms with Crippen molar-refractivity contribution in [1.82, 2.24) is 0 Å². The molecule has 0 aromatic heterocycles. The summed E-state index contributed by atoms with van der Waals surface area (Å²) in [6.07, 6.45) is 1.51. The minimum absolute atomic E-state index is 0.0170. The Morgan fingerprint density at radius 3 is 2.44 bits per heavy atom. The van der Waals surface area contributed by atoms with Gasteiger partial charge in [-0.05, 0) is 42.2 Å². The summed E-state index contributed by atoms with van der Waals surface area (Å²) in [5.41, 5.74) is 8.95. The Morgan fingerprint density at radius 1 is 1.08 bits per heavy atom. The molecule has 0 bridgehead atoms. The molecule has 2 aromatic rings. The Balaban J connectivity index is 2.14. The van der Waals surface area contributed by atoms with E-state index in [-0.39, 0.29) is 12.5 Å². The summed E-state index contributed by atoms with van der Waals surface area (Å²) in [5.74, 6) is -0.758. The first-order valence-electron chi connectivity index (χ1n) is 8.20. The number of primary amides is 1. The van der Waals surface area contributed by atoms with Crippen LogP contribution in [0.15, 0.2) is 36.4 Å². The third-order valence-electron chi connectivity index (χ3n) is 3.97. The Bertz CT molecular complexity index is 790.